The molecule has 94 valence electrons. The van der Waals surface area contributed by atoms with Gasteiger partial charge in [0.25, 0.3) is 0 Å². The zero-order chi connectivity index (χ0) is 12.1. The molecule has 0 aliphatic heterocycles. The van der Waals surface area contributed by atoms with Gasteiger partial charge in [0, 0.05) is 0 Å². The lowest BCUT2D eigenvalue weighted by Gasteiger charge is -2.19. The lowest BCUT2D eigenvalue weighted by molar-refractivity contribution is 0.127. The number of aliphatic hydroxyl groups is 1. The molecule has 0 spiro atoms. The molecule has 1 aliphatic carbocycles. The van der Waals surface area contributed by atoms with Gasteiger partial charge in [-0.05, 0) is 30.2 Å². The second-order valence-electron chi connectivity index (χ2n) is 5.59. The van der Waals surface area contributed by atoms with Crippen LogP contribution in [0, 0.1) is 5.92 Å². The molecule has 2 atom stereocenters. The number of rotatable bonds is 5. The summed E-state index contributed by atoms with van der Waals surface area (Å²) in [4.78, 5) is 0. The number of hydrogen-bond donors (Lipinski definition) is 1. The van der Waals surface area contributed by atoms with Crippen molar-refractivity contribution >= 4 is 0 Å². The Bertz CT molecular complexity index is 314. The molecule has 1 aromatic carbocycles. The van der Waals surface area contributed by atoms with Gasteiger partial charge in [-0.25, -0.2) is 0 Å². The van der Waals surface area contributed by atoms with Crippen LogP contribution < -0.4 is 0 Å². The molecule has 2 rings (SSSR count). The van der Waals surface area contributed by atoms with E-state index in [0.717, 1.165) is 18.8 Å². The van der Waals surface area contributed by atoms with Gasteiger partial charge in [-0.1, -0.05) is 62.9 Å². The first-order valence-corrected chi connectivity index (χ1v) is 6.98. The van der Waals surface area contributed by atoms with Crippen LogP contribution in [0.2, 0.25) is 0 Å². The number of benzene rings is 1. The Morgan fingerprint density at radius 1 is 1.18 bits per heavy atom. The van der Waals surface area contributed by atoms with Crippen molar-refractivity contribution in [1.29, 1.82) is 0 Å². The molecule has 0 amide bonds. The predicted molar refractivity (Wildman–Crippen MR) is 72.1 cm³/mol. The van der Waals surface area contributed by atoms with Gasteiger partial charge >= 0.3 is 0 Å². The molecule has 0 bridgehead atoms. The minimum Gasteiger partial charge on any atom is -0.393 e. The van der Waals surface area contributed by atoms with E-state index < -0.39 is 0 Å². The van der Waals surface area contributed by atoms with Gasteiger partial charge < -0.3 is 5.11 Å². The second-order valence-corrected chi connectivity index (χ2v) is 5.59. The Morgan fingerprint density at radius 3 is 2.47 bits per heavy atom. The molecule has 0 radical (unpaired) electrons. The van der Waals surface area contributed by atoms with Crippen LogP contribution >= 0.6 is 0 Å². The first-order valence-electron chi connectivity index (χ1n) is 6.98. The number of hydrogen-bond acceptors (Lipinski definition) is 1. The maximum Gasteiger partial charge on any atom is 0.0548 e. The zero-order valence-electron chi connectivity index (χ0n) is 10.8. The highest BCUT2D eigenvalue weighted by Gasteiger charge is 2.20. The second kappa shape index (κ2) is 6.20. The molecule has 2 unspecified atom stereocenters. The van der Waals surface area contributed by atoms with E-state index >= 15 is 0 Å². The highest BCUT2D eigenvalue weighted by molar-refractivity contribution is 5.18. The van der Waals surface area contributed by atoms with Crippen LogP contribution in [0.25, 0.3) is 0 Å². The standard InChI is InChI=1S/C16H24O/c1-13(15-9-3-2-4-10-15)11-16(17)12-14-7-5-6-8-14/h2-4,9-10,13-14,16-17H,5-8,11-12H2,1H3. The maximum absolute atomic E-state index is 10.1. The summed E-state index contributed by atoms with van der Waals surface area (Å²) in [6.07, 6.45) is 7.19. The van der Waals surface area contributed by atoms with Gasteiger partial charge in [0.15, 0.2) is 0 Å². The van der Waals surface area contributed by atoms with E-state index in [9.17, 15) is 5.11 Å². The topological polar surface area (TPSA) is 20.2 Å². The lowest BCUT2D eigenvalue weighted by atomic mass is 9.90. The first kappa shape index (κ1) is 12.6. The zero-order valence-corrected chi connectivity index (χ0v) is 10.8. The summed E-state index contributed by atoms with van der Waals surface area (Å²) in [5.74, 6) is 1.25. The molecule has 1 heteroatoms. The fourth-order valence-corrected chi connectivity index (χ4v) is 3.05. The number of aliphatic hydroxyl groups excluding tert-OH is 1. The van der Waals surface area contributed by atoms with Crippen molar-refractivity contribution in [1.82, 2.24) is 0 Å². The molecule has 1 N–H and O–H groups in total. The van der Waals surface area contributed by atoms with Gasteiger partial charge in [-0.3, -0.25) is 0 Å². The van der Waals surface area contributed by atoms with Crippen molar-refractivity contribution in [3.8, 4) is 0 Å². The van der Waals surface area contributed by atoms with Crippen LogP contribution in [0.1, 0.15) is 56.9 Å². The first-order chi connectivity index (χ1) is 8.25. The Morgan fingerprint density at radius 2 is 1.82 bits per heavy atom. The normalized spacial score (nSPS) is 20.4. The molecule has 1 aromatic rings. The molecular weight excluding hydrogens is 208 g/mol. The molecule has 17 heavy (non-hydrogen) atoms. The largest absolute Gasteiger partial charge is 0.393 e. The summed E-state index contributed by atoms with van der Waals surface area (Å²) < 4.78 is 0. The Balaban J connectivity index is 1.79. The summed E-state index contributed by atoms with van der Waals surface area (Å²) in [5, 5.41) is 10.1. The van der Waals surface area contributed by atoms with Gasteiger partial charge in [0.2, 0.25) is 0 Å². The predicted octanol–water partition coefficient (Wildman–Crippen LogP) is 4.12. The summed E-state index contributed by atoms with van der Waals surface area (Å²) in [6, 6.07) is 10.5. The average Bonchev–Trinajstić information content (AvgIpc) is 2.82. The summed E-state index contributed by atoms with van der Waals surface area (Å²) >= 11 is 0. The third kappa shape index (κ3) is 3.85. The van der Waals surface area contributed by atoms with Gasteiger partial charge in [0.1, 0.15) is 0 Å². The summed E-state index contributed by atoms with van der Waals surface area (Å²) in [5.41, 5.74) is 1.35. The highest BCUT2D eigenvalue weighted by Crippen LogP contribution is 2.31. The van der Waals surface area contributed by atoms with Gasteiger partial charge in [-0.15, -0.1) is 0 Å². The average molecular weight is 232 g/mol. The van der Waals surface area contributed by atoms with Crippen LogP contribution in [0.15, 0.2) is 30.3 Å². The SMILES string of the molecule is CC(CC(O)CC1CCCC1)c1ccccc1. The lowest BCUT2D eigenvalue weighted by Crippen LogP contribution is -2.14. The van der Waals surface area contributed by atoms with Crippen molar-refractivity contribution in [3.63, 3.8) is 0 Å². The van der Waals surface area contributed by atoms with E-state index in [0.29, 0.717) is 5.92 Å². The van der Waals surface area contributed by atoms with Gasteiger partial charge in [0.05, 0.1) is 6.10 Å². The molecule has 1 aliphatic rings. The van der Waals surface area contributed by atoms with Crippen molar-refractivity contribution < 1.29 is 5.11 Å². The van der Waals surface area contributed by atoms with E-state index in [1.165, 1.54) is 31.2 Å². The van der Waals surface area contributed by atoms with Crippen LogP contribution in [0.5, 0.6) is 0 Å². The molecular formula is C16H24O. The quantitative estimate of drug-likeness (QED) is 0.809. The molecule has 1 fully saturated rings. The molecule has 0 saturated heterocycles. The van der Waals surface area contributed by atoms with Crippen molar-refractivity contribution in [3.05, 3.63) is 35.9 Å². The van der Waals surface area contributed by atoms with Gasteiger partial charge in [-0.2, -0.15) is 0 Å². The van der Waals surface area contributed by atoms with Crippen LogP contribution in [0.3, 0.4) is 0 Å². The van der Waals surface area contributed by atoms with E-state index in [2.05, 4.69) is 31.2 Å². The third-order valence-electron chi connectivity index (χ3n) is 4.07. The third-order valence-corrected chi connectivity index (χ3v) is 4.07. The molecule has 0 heterocycles. The minimum atomic E-state index is -0.117. The fraction of sp³-hybridized carbons (Fsp3) is 0.625. The van der Waals surface area contributed by atoms with Crippen molar-refractivity contribution in [2.75, 3.05) is 0 Å². The monoisotopic (exact) mass is 232 g/mol. The summed E-state index contributed by atoms with van der Waals surface area (Å²) in [6.45, 7) is 2.22. The minimum absolute atomic E-state index is 0.117. The Hall–Kier alpha value is -0.820. The van der Waals surface area contributed by atoms with E-state index in [1.54, 1.807) is 0 Å². The van der Waals surface area contributed by atoms with E-state index in [1.807, 2.05) is 6.07 Å². The fourth-order valence-electron chi connectivity index (χ4n) is 3.05. The van der Waals surface area contributed by atoms with Crippen LogP contribution in [-0.4, -0.2) is 11.2 Å². The molecule has 1 saturated carbocycles. The molecule has 0 aromatic heterocycles. The van der Waals surface area contributed by atoms with Crippen molar-refractivity contribution in [2.24, 2.45) is 5.92 Å². The smallest absolute Gasteiger partial charge is 0.0548 e. The van der Waals surface area contributed by atoms with Crippen molar-refractivity contribution in [2.45, 2.75) is 57.5 Å². The summed E-state index contributed by atoms with van der Waals surface area (Å²) in [7, 11) is 0. The van der Waals surface area contributed by atoms with E-state index in [-0.39, 0.29) is 6.10 Å². The highest BCUT2D eigenvalue weighted by atomic mass is 16.3. The van der Waals surface area contributed by atoms with Crippen LogP contribution in [0.4, 0.5) is 0 Å². The Labute approximate surface area is 105 Å². The van der Waals surface area contributed by atoms with Crippen LogP contribution in [-0.2, 0) is 0 Å². The van der Waals surface area contributed by atoms with E-state index in [4.69, 9.17) is 0 Å². The molecule has 1 nitrogen and oxygen atoms in total. The Kier molecular flexibility index (Phi) is 4.61. The maximum atomic E-state index is 10.1.